The maximum absolute atomic E-state index is 11.3. The number of hydrogen-bond acceptors (Lipinski definition) is 3. The van der Waals surface area contributed by atoms with E-state index in [1.807, 2.05) is 0 Å². The summed E-state index contributed by atoms with van der Waals surface area (Å²) in [6.45, 7) is 0. The Kier molecular flexibility index (Phi) is 4.28. The molecule has 15 heavy (non-hydrogen) atoms. The lowest BCUT2D eigenvalue weighted by Crippen LogP contribution is -2.08. The van der Waals surface area contributed by atoms with E-state index in [4.69, 9.17) is 9.84 Å². The number of benzene rings is 1. The molecule has 0 fully saturated rings. The Morgan fingerprint density at radius 3 is 2.00 bits per heavy atom. The summed E-state index contributed by atoms with van der Waals surface area (Å²) in [6, 6.07) is 5.48. The summed E-state index contributed by atoms with van der Waals surface area (Å²) >= 11 is 5.98. The first-order valence-corrected chi connectivity index (χ1v) is 5.66. The summed E-state index contributed by atoms with van der Waals surface area (Å²) in [5, 5.41) is 8.63. The van der Waals surface area contributed by atoms with Gasteiger partial charge in [0.15, 0.2) is 0 Å². The minimum atomic E-state index is -1.03. The van der Waals surface area contributed by atoms with Gasteiger partial charge in [-0.3, -0.25) is 0 Å². The van der Waals surface area contributed by atoms with Crippen molar-refractivity contribution in [2.75, 3.05) is 0 Å². The minimum Gasteiger partial charge on any atom is -0.478 e. The molecule has 0 aliphatic rings. The van der Waals surface area contributed by atoms with Crippen molar-refractivity contribution >= 4 is 43.8 Å². The molecule has 80 valence electrons. The Labute approximate surface area is 102 Å². The van der Waals surface area contributed by atoms with Crippen molar-refractivity contribution in [3.8, 4) is 0 Å². The molecule has 1 N–H and O–H groups in total. The lowest BCUT2D eigenvalue weighted by atomic mass is 10.1. The molecule has 6 heteroatoms. The van der Waals surface area contributed by atoms with Crippen LogP contribution in [0.2, 0.25) is 0 Å². The number of carbonyl (C=O) groups is 2. The summed E-state index contributed by atoms with van der Waals surface area (Å²) in [5.41, 5.74) is 0.421. The highest BCUT2D eigenvalue weighted by Crippen LogP contribution is 2.13. The lowest BCUT2D eigenvalue weighted by Gasteiger charge is -2.04. The number of aromatic carboxylic acids is 1. The highest BCUT2D eigenvalue weighted by Gasteiger charge is 2.11. The molecule has 1 aromatic rings. The van der Waals surface area contributed by atoms with Gasteiger partial charge in [-0.25, -0.2) is 9.59 Å². The maximum atomic E-state index is 11.3. The Bertz CT molecular complexity index is 372. The predicted octanol–water partition coefficient (Wildman–Crippen LogP) is 2.62. The van der Waals surface area contributed by atoms with E-state index in [2.05, 4.69) is 31.9 Å². The van der Waals surface area contributed by atoms with Crippen LogP contribution in [0.1, 0.15) is 20.7 Å². The van der Waals surface area contributed by atoms with Crippen LogP contribution in [0.4, 0.5) is 0 Å². The summed E-state index contributed by atoms with van der Waals surface area (Å²) in [5.74, 6) is -1.57. The standard InChI is InChI=1S/C9H6Br2O4/c10-9(11)15-8(14)6-3-1-5(2-4-6)7(12)13/h1-4,9H,(H,12,13). The molecule has 0 aliphatic carbocycles. The van der Waals surface area contributed by atoms with Crippen LogP contribution in [0.15, 0.2) is 24.3 Å². The van der Waals surface area contributed by atoms with Gasteiger partial charge >= 0.3 is 11.9 Å². The molecule has 0 saturated heterocycles. The number of carboxylic acid groups (broad SMARTS) is 1. The summed E-state index contributed by atoms with van der Waals surface area (Å²) < 4.78 is 4.22. The number of carboxylic acids is 1. The molecular weight excluding hydrogens is 332 g/mol. The third kappa shape index (κ3) is 3.64. The van der Waals surface area contributed by atoms with Gasteiger partial charge in [-0.05, 0) is 56.1 Å². The quantitative estimate of drug-likeness (QED) is 0.680. The number of esters is 1. The van der Waals surface area contributed by atoms with E-state index in [1.165, 1.54) is 24.3 Å². The molecule has 0 amide bonds. The van der Waals surface area contributed by atoms with Gasteiger partial charge in [0.1, 0.15) is 0 Å². The number of carbonyl (C=O) groups excluding carboxylic acids is 1. The predicted molar refractivity (Wildman–Crippen MR) is 60.5 cm³/mol. The van der Waals surface area contributed by atoms with Crippen LogP contribution in [0.5, 0.6) is 0 Å². The van der Waals surface area contributed by atoms with Gasteiger partial charge < -0.3 is 9.84 Å². The molecule has 0 aliphatic heterocycles. The SMILES string of the molecule is O=C(O)c1ccc(C(=O)OC(Br)Br)cc1. The summed E-state index contributed by atoms with van der Waals surface area (Å²) in [7, 11) is 0. The van der Waals surface area contributed by atoms with Crippen molar-refractivity contribution in [2.45, 2.75) is 3.92 Å². The topological polar surface area (TPSA) is 63.6 Å². The van der Waals surface area contributed by atoms with Crippen molar-refractivity contribution in [1.29, 1.82) is 0 Å². The van der Waals surface area contributed by atoms with Crippen LogP contribution in [0.3, 0.4) is 0 Å². The average Bonchev–Trinajstić information content (AvgIpc) is 2.17. The highest BCUT2D eigenvalue weighted by molar-refractivity contribution is 9.24. The van der Waals surface area contributed by atoms with Gasteiger partial charge in [0.05, 0.1) is 11.1 Å². The fourth-order valence-electron chi connectivity index (χ4n) is 0.898. The van der Waals surface area contributed by atoms with E-state index in [-0.39, 0.29) is 5.56 Å². The van der Waals surface area contributed by atoms with E-state index in [1.54, 1.807) is 0 Å². The molecule has 0 atom stereocenters. The molecule has 0 heterocycles. The monoisotopic (exact) mass is 336 g/mol. The summed E-state index contributed by atoms with van der Waals surface area (Å²) in [6.07, 6.45) is 0. The average molecular weight is 338 g/mol. The molecule has 0 unspecified atom stereocenters. The van der Waals surface area contributed by atoms with Crippen LogP contribution < -0.4 is 0 Å². The van der Waals surface area contributed by atoms with Crippen LogP contribution in [-0.2, 0) is 4.74 Å². The van der Waals surface area contributed by atoms with Gasteiger partial charge in [-0.2, -0.15) is 0 Å². The van der Waals surface area contributed by atoms with Crippen LogP contribution in [0, 0.1) is 0 Å². The molecule has 4 nitrogen and oxygen atoms in total. The first kappa shape index (κ1) is 12.2. The number of rotatable bonds is 3. The van der Waals surface area contributed by atoms with E-state index in [9.17, 15) is 9.59 Å². The van der Waals surface area contributed by atoms with Crippen molar-refractivity contribution < 1.29 is 19.4 Å². The fourth-order valence-corrected chi connectivity index (χ4v) is 1.24. The van der Waals surface area contributed by atoms with Gasteiger partial charge in [0, 0.05) is 0 Å². The Morgan fingerprint density at radius 1 is 1.13 bits per heavy atom. The number of ether oxygens (including phenoxy) is 1. The molecule has 1 aromatic carbocycles. The molecule has 0 spiro atoms. The Balaban J connectivity index is 2.80. The first-order valence-electron chi connectivity index (χ1n) is 3.83. The first-order chi connectivity index (χ1) is 7.00. The molecule has 1 rings (SSSR count). The van der Waals surface area contributed by atoms with Gasteiger partial charge in [-0.1, -0.05) is 0 Å². The second kappa shape index (κ2) is 5.27. The van der Waals surface area contributed by atoms with Gasteiger partial charge in [0.2, 0.25) is 3.92 Å². The Hall–Kier alpha value is -0.880. The number of alkyl halides is 2. The number of hydrogen-bond donors (Lipinski definition) is 1. The van der Waals surface area contributed by atoms with E-state index >= 15 is 0 Å². The zero-order valence-corrected chi connectivity index (χ0v) is 10.5. The molecule has 0 radical (unpaired) electrons. The second-order valence-corrected chi connectivity index (χ2v) is 5.44. The Morgan fingerprint density at radius 2 is 1.60 bits per heavy atom. The third-order valence-electron chi connectivity index (χ3n) is 1.56. The van der Waals surface area contributed by atoms with Crippen LogP contribution in [-0.4, -0.2) is 21.0 Å². The third-order valence-corrected chi connectivity index (χ3v) is 1.94. The van der Waals surface area contributed by atoms with E-state index < -0.39 is 15.9 Å². The maximum Gasteiger partial charge on any atom is 0.340 e. The smallest absolute Gasteiger partial charge is 0.340 e. The number of halogens is 2. The van der Waals surface area contributed by atoms with Gasteiger partial charge in [0.25, 0.3) is 0 Å². The molecular formula is C9H6Br2O4. The zero-order valence-electron chi connectivity index (χ0n) is 7.31. The van der Waals surface area contributed by atoms with Crippen molar-refractivity contribution in [3.63, 3.8) is 0 Å². The van der Waals surface area contributed by atoms with Crippen LogP contribution in [0.25, 0.3) is 0 Å². The van der Waals surface area contributed by atoms with E-state index in [0.29, 0.717) is 5.56 Å². The fraction of sp³-hybridized carbons (Fsp3) is 0.111. The molecule has 0 bridgehead atoms. The summed E-state index contributed by atoms with van der Waals surface area (Å²) in [4.78, 5) is 21.8. The minimum absolute atomic E-state index is 0.126. The lowest BCUT2D eigenvalue weighted by molar-refractivity contribution is 0.0559. The van der Waals surface area contributed by atoms with Crippen molar-refractivity contribution in [1.82, 2.24) is 0 Å². The molecule has 0 aromatic heterocycles. The van der Waals surface area contributed by atoms with Crippen molar-refractivity contribution in [3.05, 3.63) is 35.4 Å². The zero-order chi connectivity index (χ0) is 11.4. The van der Waals surface area contributed by atoms with Crippen LogP contribution >= 0.6 is 31.9 Å². The second-order valence-electron chi connectivity index (χ2n) is 2.55. The normalized spacial score (nSPS) is 10.1. The van der Waals surface area contributed by atoms with Gasteiger partial charge in [-0.15, -0.1) is 0 Å². The van der Waals surface area contributed by atoms with E-state index in [0.717, 1.165) is 0 Å². The largest absolute Gasteiger partial charge is 0.478 e. The molecule has 0 saturated carbocycles. The van der Waals surface area contributed by atoms with Crippen molar-refractivity contribution in [2.24, 2.45) is 0 Å². The highest BCUT2D eigenvalue weighted by atomic mass is 79.9.